The minimum absolute atomic E-state index is 0.0224. The molecule has 2 aromatic rings. The topological polar surface area (TPSA) is 92.5 Å². The second kappa shape index (κ2) is 6.66. The van der Waals surface area contributed by atoms with Gasteiger partial charge >= 0.3 is 5.97 Å². The molecular weight excluding hydrogens is 350 g/mol. The Bertz CT molecular complexity index is 910. The number of hydrogen-bond acceptors (Lipinski definition) is 5. The lowest BCUT2D eigenvalue weighted by Crippen LogP contribution is -3.10. The number of nitrogens with one attached hydrogen (secondary N) is 1. The fraction of sp³-hybridized carbons (Fsp3) is 0.350. The van der Waals surface area contributed by atoms with Gasteiger partial charge in [0.2, 0.25) is 6.79 Å². The van der Waals surface area contributed by atoms with Crippen molar-refractivity contribution in [2.24, 2.45) is 0 Å². The van der Waals surface area contributed by atoms with E-state index in [-0.39, 0.29) is 24.1 Å². The van der Waals surface area contributed by atoms with Crippen LogP contribution in [0.25, 0.3) is 0 Å². The maximum Gasteiger partial charge on any atom is 0.335 e. The number of carbonyl (C=O) groups is 1. The molecule has 7 nitrogen and oxygen atoms in total. The second-order valence-electron chi connectivity index (χ2n) is 6.94. The molecule has 0 aromatic heterocycles. The van der Waals surface area contributed by atoms with Gasteiger partial charge in [0.1, 0.15) is 11.8 Å². The molecule has 0 bridgehead atoms. The van der Waals surface area contributed by atoms with Gasteiger partial charge in [-0.25, -0.2) is 4.79 Å². The van der Waals surface area contributed by atoms with Crippen LogP contribution in [0.5, 0.6) is 23.0 Å². The molecule has 0 amide bonds. The van der Waals surface area contributed by atoms with E-state index in [0.717, 1.165) is 24.3 Å². The summed E-state index contributed by atoms with van der Waals surface area (Å²) in [7, 11) is 3.44. The molecule has 7 heteroatoms. The van der Waals surface area contributed by atoms with Gasteiger partial charge in [-0.15, -0.1) is 0 Å². The van der Waals surface area contributed by atoms with Crippen molar-refractivity contribution in [2.45, 2.75) is 18.9 Å². The Kier molecular flexibility index (Phi) is 4.31. The van der Waals surface area contributed by atoms with Crippen LogP contribution in [-0.2, 0) is 12.8 Å². The molecular formula is C20H21NO6. The van der Waals surface area contributed by atoms with Crippen LogP contribution in [-0.4, -0.2) is 38.6 Å². The predicted molar refractivity (Wildman–Crippen MR) is 93.9 cm³/mol. The third-order valence-corrected chi connectivity index (χ3v) is 5.46. The first kappa shape index (κ1) is 17.5. The Labute approximate surface area is 156 Å². The number of hydrogen-bond donors (Lipinski definition) is 2. The van der Waals surface area contributed by atoms with Crippen molar-refractivity contribution in [3.8, 4) is 23.0 Å². The van der Waals surface area contributed by atoms with Gasteiger partial charge in [0.15, 0.2) is 11.5 Å². The Morgan fingerprint density at radius 2 is 2.07 bits per heavy atom. The van der Waals surface area contributed by atoms with Gasteiger partial charge in [0, 0.05) is 18.4 Å². The van der Waals surface area contributed by atoms with E-state index in [9.17, 15) is 15.0 Å². The van der Waals surface area contributed by atoms with Crippen LogP contribution in [0.15, 0.2) is 24.3 Å². The summed E-state index contributed by atoms with van der Waals surface area (Å²) in [5.41, 5.74) is 2.60. The summed E-state index contributed by atoms with van der Waals surface area (Å²) >= 11 is 0. The van der Waals surface area contributed by atoms with Crippen molar-refractivity contribution in [2.75, 3.05) is 27.5 Å². The number of fused-ring (bicyclic) bond motifs is 2. The number of ether oxygens (including phenoxy) is 3. The number of carboxylic acids is 1. The third kappa shape index (κ3) is 2.94. The monoisotopic (exact) mass is 371 g/mol. The van der Waals surface area contributed by atoms with E-state index in [0.29, 0.717) is 17.7 Å². The van der Waals surface area contributed by atoms with Gasteiger partial charge in [-0.3, -0.25) is 0 Å². The molecule has 2 aromatic carbocycles. The molecule has 4 rings (SSSR count). The zero-order valence-electron chi connectivity index (χ0n) is 15.2. The average molecular weight is 371 g/mol. The van der Waals surface area contributed by atoms with Crippen LogP contribution in [0.2, 0.25) is 0 Å². The van der Waals surface area contributed by atoms with Gasteiger partial charge in [-0.05, 0) is 29.3 Å². The van der Waals surface area contributed by atoms with Gasteiger partial charge in [-0.2, -0.15) is 0 Å². The molecule has 0 aliphatic carbocycles. The molecule has 2 unspecified atom stereocenters. The number of rotatable bonds is 4. The number of likely N-dealkylation sites (N-methyl/N-ethyl adjacent to an activating group) is 1. The third-order valence-electron chi connectivity index (χ3n) is 5.46. The van der Waals surface area contributed by atoms with Crippen molar-refractivity contribution >= 4 is 5.97 Å². The molecule has 2 atom stereocenters. The molecule has 0 saturated heterocycles. The van der Waals surface area contributed by atoms with Crippen molar-refractivity contribution in [1.29, 1.82) is 0 Å². The Morgan fingerprint density at radius 3 is 2.78 bits per heavy atom. The Hall–Kier alpha value is -2.93. The normalized spacial score (nSPS) is 20.2. The summed E-state index contributed by atoms with van der Waals surface area (Å²) in [5, 5.41) is 22.0. The second-order valence-corrected chi connectivity index (χ2v) is 6.94. The highest BCUT2D eigenvalue weighted by Crippen LogP contribution is 2.39. The highest BCUT2D eigenvalue weighted by molar-refractivity contribution is 5.93. The minimum Gasteiger partial charge on any atom is -0.869 e. The summed E-state index contributed by atoms with van der Waals surface area (Å²) in [5.74, 6) is -0.296. The van der Waals surface area contributed by atoms with Crippen LogP contribution >= 0.6 is 0 Å². The zero-order chi connectivity index (χ0) is 19.1. The van der Waals surface area contributed by atoms with Crippen LogP contribution < -0.4 is 24.2 Å². The summed E-state index contributed by atoms with van der Waals surface area (Å²) in [6.45, 7) is 1.13. The Balaban J connectivity index is 1.76. The molecule has 27 heavy (non-hydrogen) atoms. The summed E-state index contributed by atoms with van der Waals surface area (Å²) < 4.78 is 16.0. The SMILES string of the molecule is COc1ccc(CC2c3cc4c(cc3CC[NH+]2C)OCO4)c(C(=O)O)c1[O-]. The Morgan fingerprint density at radius 1 is 1.33 bits per heavy atom. The average Bonchev–Trinajstić information content (AvgIpc) is 3.10. The first-order chi connectivity index (χ1) is 13.0. The fourth-order valence-corrected chi connectivity index (χ4v) is 3.99. The molecule has 2 heterocycles. The first-order valence-electron chi connectivity index (χ1n) is 8.84. The van der Waals surface area contributed by atoms with E-state index in [1.807, 2.05) is 12.1 Å². The standard InChI is InChI=1S/C20H21NO6/c1-21-6-5-11-8-16-17(27-10-26-16)9-13(11)14(21)7-12-3-4-15(25-2)19(22)18(12)20(23)24/h3-4,8-9,14,22H,5-7,10H2,1-2H3,(H,23,24). The maximum atomic E-state index is 12.4. The number of carboxylic acid groups (broad SMARTS) is 1. The molecule has 2 aliphatic rings. The lowest BCUT2D eigenvalue weighted by molar-refractivity contribution is -0.914. The van der Waals surface area contributed by atoms with Crippen LogP contribution in [0.1, 0.15) is 33.1 Å². The molecule has 0 fully saturated rings. The smallest absolute Gasteiger partial charge is 0.335 e. The first-order valence-corrected chi connectivity index (χ1v) is 8.84. The maximum absolute atomic E-state index is 12.4. The molecule has 142 valence electrons. The molecule has 0 saturated carbocycles. The fourth-order valence-electron chi connectivity index (χ4n) is 3.99. The van der Waals surface area contributed by atoms with Crippen LogP contribution in [0.4, 0.5) is 0 Å². The summed E-state index contributed by atoms with van der Waals surface area (Å²) in [4.78, 5) is 13.0. The lowest BCUT2D eigenvalue weighted by Gasteiger charge is -2.32. The van der Waals surface area contributed by atoms with Crippen molar-refractivity contribution in [3.63, 3.8) is 0 Å². The number of quaternary nitrogens is 1. The molecule has 0 radical (unpaired) electrons. The molecule has 2 N–H and O–H groups in total. The highest BCUT2D eigenvalue weighted by Gasteiger charge is 2.32. The van der Waals surface area contributed by atoms with E-state index in [1.54, 1.807) is 12.1 Å². The largest absolute Gasteiger partial charge is 0.869 e. The molecule has 0 spiro atoms. The number of benzene rings is 2. The van der Waals surface area contributed by atoms with Crippen LogP contribution in [0, 0.1) is 0 Å². The van der Waals surface area contributed by atoms with Gasteiger partial charge in [-0.1, -0.05) is 11.8 Å². The van der Waals surface area contributed by atoms with Crippen molar-refractivity contribution in [1.82, 2.24) is 0 Å². The van der Waals surface area contributed by atoms with E-state index >= 15 is 0 Å². The molecule has 2 aliphatic heterocycles. The van der Waals surface area contributed by atoms with E-state index in [2.05, 4.69) is 7.05 Å². The van der Waals surface area contributed by atoms with Crippen molar-refractivity contribution < 1.29 is 34.1 Å². The quantitative estimate of drug-likeness (QED) is 0.816. The van der Waals surface area contributed by atoms with E-state index in [1.165, 1.54) is 17.6 Å². The minimum atomic E-state index is -1.23. The number of methoxy groups -OCH3 is 1. The van der Waals surface area contributed by atoms with Gasteiger partial charge in [0.25, 0.3) is 0 Å². The van der Waals surface area contributed by atoms with E-state index < -0.39 is 11.7 Å². The summed E-state index contributed by atoms with van der Waals surface area (Å²) in [6.07, 6.45) is 1.36. The number of aromatic carboxylic acids is 1. The predicted octanol–water partition coefficient (Wildman–Crippen LogP) is 0.550. The van der Waals surface area contributed by atoms with E-state index in [4.69, 9.17) is 14.2 Å². The van der Waals surface area contributed by atoms with Crippen molar-refractivity contribution in [3.05, 3.63) is 46.5 Å². The van der Waals surface area contributed by atoms with Gasteiger partial charge in [0.05, 0.1) is 26.3 Å². The zero-order valence-corrected chi connectivity index (χ0v) is 15.2. The summed E-state index contributed by atoms with van der Waals surface area (Å²) in [6, 6.07) is 7.25. The van der Waals surface area contributed by atoms with Crippen LogP contribution in [0.3, 0.4) is 0 Å². The lowest BCUT2D eigenvalue weighted by atomic mass is 9.87. The highest BCUT2D eigenvalue weighted by atomic mass is 16.7. The van der Waals surface area contributed by atoms with Gasteiger partial charge < -0.3 is 29.3 Å².